The molecule has 0 spiro atoms. The van der Waals surface area contributed by atoms with Gasteiger partial charge in [-0.1, -0.05) is 0 Å². The van der Waals surface area contributed by atoms with Crippen LogP contribution in [0.3, 0.4) is 0 Å². The molecular formula is C15H17F2N7O2. The molecule has 11 heteroatoms. The fourth-order valence-electron chi connectivity index (χ4n) is 3.63. The Balaban J connectivity index is 1.51. The summed E-state index contributed by atoms with van der Waals surface area (Å²) in [4.78, 5) is 25.5. The number of rotatable bonds is 3. The Bertz CT molecular complexity index is 878. The second kappa shape index (κ2) is 5.85. The predicted octanol–water partition coefficient (Wildman–Crippen LogP) is 0.876. The molecule has 0 bridgehead atoms. The van der Waals surface area contributed by atoms with Gasteiger partial charge in [0, 0.05) is 13.1 Å². The zero-order valence-electron chi connectivity index (χ0n) is 13.9. The standard InChI is InChI=1S/C15H17F2N7O2/c1-15(13(25)18-14(26)19-15)8-4-6-23(7-5-8)10-3-2-9-20-21-12(11(16)17)24(9)22-10/h2-3,8,11H,4-7H2,1H3,(H2,18,19,25,26). The van der Waals surface area contributed by atoms with Gasteiger partial charge in [0.2, 0.25) is 5.82 Å². The van der Waals surface area contributed by atoms with Crippen molar-refractivity contribution in [3.05, 3.63) is 18.0 Å². The van der Waals surface area contributed by atoms with Gasteiger partial charge in [-0.3, -0.25) is 10.1 Å². The Morgan fingerprint density at radius 1 is 1.23 bits per heavy atom. The van der Waals surface area contributed by atoms with Crippen LogP contribution in [0.1, 0.15) is 32.0 Å². The summed E-state index contributed by atoms with van der Waals surface area (Å²) in [7, 11) is 0. The fraction of sp³-hybridized carbons (Fsp3) is 0.533. The highest BCUT2D eigenvalue weighted by Gasteiger charge is 2.48. The van der Waals surface area contributed by atoms with Crippen molar-refractivity contribution in [2.75, 3.05) is 18.0 Å². The summed E-state index contributed by atoms with van der Waals surface area (Å²) >= 11 is 0. The van der Waals surface area contributed by atoms with Crippen LogP contribution in [-0.4, -0.2) is 50.4 Å². The molecule has 0 saturated carbocycles. The smallest absolute Gasteiger partial charge is 0.322 e. The maximum Gasteiger partial charge on any atom is 0.322 e. The third-order valence-corrected chi connectivity index (χ3v) is 5.18. The lowest BCUT2D eigenvalue weighted by atomic mass is 9.79. The molecule has 2 saturated heterocycles. The van der Waals surface area contributed by atoms with E-state index in [0.717, 1.165) is 4.52 Å². The number of hydrogen-bond acceptors (Lipinski definition) is 6. The van der Waals surface area contributed by atoms with Crippen LogP contribution in [0, 0.1) is 5.92 Å². The van der Waals surface area contributed by atoms with E-state index in [-0.39, 0.29) is 17.5 Å². The molecule has 4 heterocycles. The van der Waals surface area contributed by atoms with Crippen molar-refractivity contribution < 1.29 is 18.4 Å². The van der Waals surface area contributed by atoms with E-state index < -0.39 is 23.8 Å². The molecule has 1 unspecified atom stereocenters. The number of anilines is 1. The Hall–Kier alpha value is -2.85. The van der Waals surface area contributed by atoms with E-state index in [1.807, 2.05) is 4.90 Å². The summed E-state index contributed by atoms with van der Waals surface area (Å²) in [5.74, 6) is -0.274. The number of hydrogen-bond donors (Lipinski definition) is 2. The third kappa shape index (κ3) is 2.54. The summed E-state index contributed by atoms with van der Waals surface area (Å²) in [6.45, 7) is 2.91. The van der Waals surface area contributed by atoms with Gasteiger partial charge < -0.3 is 10.2 Å². The molecule has 2 aromatic heterocycles. The van der Waals surface area contributed by atoms with Gasteiger partial charge in [0.25, 0.3) is 12.3 Å². The van der Waals surface area contributed by atoms with Crippen LogP contribution >= 0.6 is 0 Å². The molecule has 9 nitrogen and oxygen atoms in total. The van der Waals surface area contributed by atoms with Crippen molar-refractivity contribution in [3.63, 3.8) is 0 Å². The van der Waals surface area contributed by atoms with Gasteiger partial charge in [0.15, 0.2) is 5.65 Å². The lowest BCUT2D eigenvalue weighted by molar-refractivity contribution is -0.125. The Morgan fingerprint density at radius 3 is 2.58 bits per heavy atom. The van der Waals surface area contributed by atoms with Crippen LogP contribution in [0.5, 0.6) is 0 Å². The van der Waals surface area contributed by atoms with Gasteiger partial charge in [-0.15, -0.1) is 15.3 Å². The second-order valence-corrected chi connectivity index (χ2v) is 6.69. The molecular weight excluding hydrogens is 348 g/mol. The number of carbonyl (C=O) groups is 2. The number of amides is 3. The first-order valence-corrected chi connectivity index (χ1v) is 8.27. The normalized spacial score (nSPS) is 24.4. The van der Waals surface area contributed by atoms with Gasteiger partial charge in [-0.05, 0) is 37.8 Å². The van der Waals surface area contributed by atoms with Crippen LogP contribution in [-0.2, 0) is 4.79 Å². The molecule has 2 aromatic rings. The second-order valence-electron chi connectivity index (χ2n) is 6.69. The number of carbonyl (C=O) groups excluding carboxylic acids is 2. The first kappa shape index (κ1) is 16.6. The molecule has 0 aromatic carbocycles. The number of fused-ring (bicyclic) bond motifs is 1. The lowest BCUT2D eigenvalue weighted by Crippen LogP contribution is -2.54. The van der Waals surface area contributed by atoms with Gasteiger partial charge in [0.05, 0.1) is 0 Å². The SMILES string of the molecule is CC1(C2CCN(c3ccc4nnc(C(F)F)n4n3)CC2)NC(=O)NC1=O. The number of aromatic nitrogens is 4. The van der Waals surface area contributed by atoms with Crippen LogP contribution in [0.2, 0.25) is 0 Å². The first-order valence-electron chi connectivity index (χ1n) is 8.27. The summed E-state index contributed by atoms with van der Waals surface area (Å²) in [6, 6.07) is 2.84. The van der Waals surface area contributed by atoms with Crippen molar-refractivity contribution in [3.8, 4) is 0 Å². The number of halogens is 2. The Kier molecular flexibility index (Phi) is 3.74. The third-order valence-electron chi connectivity index (χ3n) is 5.18. The van der Waals surface area contributed by atoms with E-state index in [2.05, 4.69) is 25.9 Å². The van der Waals surface area contributed by atoms with E-state index in [1.165, 1.54) is 0 Å². The number of nitrogens with zero attached hydrogens (tertiary/aromatic N) is 5. The highest BCUT2D eigenvalue weighted by Crippen LogP contribution is 2.32. The molecule has 1 atom stereocenters. The van der Waals surface area contributed by atoms with Crippen LogP contribution in [0.4, 0.5) is 19.4 Å². The van der Waals surface area contributed by atoms with Crippen LogP contribution in [0.25, 0.3) is 5.65 Å². The average Bonchev–Trinajstić information content (AvgIpc) is 3.15. The molecule has 2 N–H and O–H groups in total. The summed E-state index contributed by atoms with van der Waals surface area (Å²) in [6.07, 6.45) is -1.44. The highest BCUT2D eigenvalue weighted by atomic mass is 19.3. The number of imide groups is 1. The monoisotopic (exact) mass is 365 g/mol. The van der Waals surface area contributed by atoms with E-state index in [0.29, 0.717) is 31.7 Å². The molecule has 138 valence electrons. The minimum absolute atomic E-state index is 0.0135. The first-order chi connectivity index (χ1) is 12.4. The van der Waals surface area contributed by atoms with E-state index >= 15 is 0 Å². The quantitative estimate of drug-likeness (QED) is 0.783. The largest absolute Gasteiger partial charge is 0.355 e. The fourth-order valence-corrected chi connectivity index (χ4v) is 3.63. The average molecular weight is 365 g/mol. The number of alkyl halides is 2. The minimum Gasteiger partial charge on any atom is -0.355 e. The highest BCUT2D eigenvalue weighted by molar-refractivity contribution is 6.06. The molecule has 2 aliphatic rings. The van der Waals surface area contributed by atoms with E-state index in [9.17, 15) is 18.4 Å². The molecule has 26 heavy (non-hydrogen) atoms. The van der Waals surface area contributed by atoms with Crippen molar-refractivity contribution in [1.29, 1.82) is 0 Å². The predicted molar refractivity (Wildman–Crippen MR) is 85.8 cm³/mol. The van der Waals surface area contributed by atoms with Crippen molar-refractivity contribution in [2.24, 2.45) is 5.92 Å². The van der Waals surface area contributed by atoms with Crippen molar-refractivity contribution in [2.45, 2.75) is 31.7 Å². The molecule has 4 rings (SSSR count). The van der Waals surface area contributed by atoms with Gasteiger partial charge >= 0.3 is 6.03 Å². The summed E-state index contributed by atoms with van der Waals surface area (Å²) in [5, 5.41) is 16.4. The lowest BCUT2D eigenvalue weighted by Gasteiger charge is -2.39. The zero-order chi connectivity index (χ0) is 18.5. The van der Waals surface area contributed by atoms with Gasteiger partial charge in [-0.25, -0.2) is 13.6 Å². The zero-order valence-corrected chi connectivity index (χ0v) is 13.9. The van der Waals surface area contributed by atoms with Crippen molar-refractivity contribution in [1.82, 2.24) is 30.4 Å². The van der Waals surface area contributed by atoms with Crippen LogP contribution < -0.4 is 15.5 Å². The molecule has 0 aliphatic carbocycles. The van der Waals surface area contributed by atoms with Gasteiger partial charge in [0.1, 0.15) is 11.4 Å². The topological polar surface area (TPSA) is 105 Å². The summed E-state index contributed by atoms with van der Waals surface area (Å²) < 4.78 is 27.0. The molecule has 2 aliphatic heterocycles. The molecule has 0 radical (unpaired) electrons. The molecule has 3 amide bonds. The Labute approximate surface area is 146 Å². The summed E-state index contributed by atoms with van der Waals surface area (Å²) in [5.41, 5.74) is -0.658. The molecule has 2 fully saturated rings. The van der Waals surface area contributed by atoms with E-state index in [4.69, 9.17) is 0 Å². The van der Waals surface area contributed by atoms with E-state index in [1.54, 1.807) is 19.1 Å². The minimum atomic E-state index is -2.76. The number of nitrogens with one attached hydrogen (secondary N) is 2. The number of piperidine rings is 1. The van der Waals surface area contributed by atoms with Gasteiger partial charge in [-0.2, -0.15) is 4.52 Å². The van der Waals surface area contributed by atoms with Crippen molar-refractivity contribution >= 4 is 23.4 Å². The maximum atomic E-state index is 13.0. The Morgan fingerprint density at radius 2 is 1.96 bits per heavy atom. The maximum absolute atomic E-state index is 13.0. The number of urea groups is 1. The van der Waals surface area contributed by atoms with Crippen LogP contribution in [0.15, 0.2) is 12.1 Å².